The highest BCUT2D eigenvalue weighted by molar-refractivity contribution is 5.92. The first-order valence-electron chi connectivity index (χ1n) is 7.46. The second-order valence-electron chi connectivity index (χ2n) is 5.65. The topological polar surface area (TPSA) is 76.2 Å². The van der Waals surface area contributed by atoms with Crippen molar-refractivity contribution in [3.63, 3.8) is 0 Å². The van der Waals surface area contributed by atoms with E-state index in [0.29, 0.717) is 5.56 Å². The fourth-order valence-corrected chi connectivity index (χ4v) is 2.95. The van der Waals surface area contributed by atoms with Crippen molar-refractivity contribution in [3.8, 4) is 0 Å². The minimum Gasteiger partial charge on any atom is -0.366 e. The summed E-state index contributed by atoms with van der Waals surface area (Å²) in [5.41, 5.74) is 7.02. The molecule has 1 unspecified atom stereocenters. The lowest BCUT2D eigenvalue weighted by Crippen LogP contribution is -2.46. The summed E-state index contributed by atoms with van der Waals surface area (Å²) in [4.78, 5) is 18.2. The van der Waals surface area contributed by atoms with E-state index in [1.807, 2.05) is 37.6 Å². The minimum absolute atomic E-state index is 0.228. The third kappa shape index (κ3) is 3.03. The molecule has 6 nitrogen and oxygen atoms in total. The van der Waals surface area contributed by atoms with Crippen LogP contribution in [-0.4, -0.2) is 40.0 Å². The van der Waals surface area contributed by atoms with Crippen LogP contribution in [0.15, 0.2) is 36.7 Å². The van der Waals surface area contributed by atoms with Gasteiger partial charge in [-0.25, -0.2) is 4.98 Å². The van der Waals surface area contributed by atoms with Crippen molar-refractivity contribution in [1.82, 2.24) is 19.8 Å². The summed E-state index contributed by atoms with van der Waals surface area (Å²) >= 11 is 0. The summed E-state index contributed by atoms with van der Waals surface area (Å²) < 4.78 is 2.06. The molecular weight excluding hydrogens is 278 g/mol. The van der Waals surface area contributed by atoms with Gasteiger partial charge >= 0.3 is 0 Å². The van der Waals surface area contributed by atoms with Crippen molar-refractivity contribution in [3.05, 3.63) is 53.6 Å². The molecule has 1 atom stereocenters. The van der Waals surface area contributed by atoms with Gasteiger partial charge in [-0.2, -0.15) is 0 Å². The molecule has 1 fully saturated rings. The van der Waals surface area contributed by atoms with Crippen LogP contribution >= 0.6 is 0 Å². The van der Waals surface area contributed by atoms with Crippen LogP contribution in [-0.2, 0) is 13.6 Å². The van der Waals surface area contributed by atoms with Gasteiger partial charge in [-0.15, -0.1) is 0 Å². The lowest BCUT2D eigenvalue weighted by molar-refractivity contribution is 0.1000. The average molecular weight is 299 g/mol. The molecule has 1 amide bonds. The van der Waals surface area contributed by atoms with E-state index in [0.717, 1.165) is 37.6 Å². The highest BCUT2D eigenvalue weighted by atomic mass is 16.1. The molecule has 22 heavy (non-hydrogen) atoms. The van der Waals surface area contributed by atoms with Gasteiger partial charge < -0.3 is 15.6 Å². The molecular formula is C16H21N5O. The molecule has 0 spiro atoms. The van der Waals surface area contributed by atoms with Crippen molar-refractivity contribution in [1.29, 1.82) is 0 Å². The van der Waals surface area contributed by atoms with Gasteiger partial charge in [0.2, 0.25) is 5.91 Å². The molecule has 3 N–H and O–H groups in total. The lowest BCUT2D eigenvalue weighted by Gasteiger charge is -2.35. The molecule has 1 aliphatic rings. The monoisotopic (exact) mass is 299 g/mol. The first-order chi connectivity index (χ1) is 10.6. The number of nitrogens with two attached hydrogens (primary N) is 1. The number of nitrogens with one attached hydrogen (secondary N) is 1. The van der Waals surface area contributed by atoms with Crippen LogP contribution in [0.3, 0.4) is 0 Å². The zero-order valence-corrected chi connectivity index (χ0v) is 12.7. The van der Waals surface area contributed by atoms with E-state index in [-0.39, 0.29) is 11.9 Å². The number of hydrogen-bond acceptors (Lipinski definition) is 4. The second-order valence-corrected chi connectivity index (χ2v) is 5.65. The van der Waals surface area contributed by atoms with Gasteiger partial charge in [0, 0.05) is 51.2 Å². The molecule has 2 aromatic rings. The minimum atomic E-state index is -0.386. The molecule has 0 radical (unpaired) electrons. The lowest BCUT2D eigenvalue weighted by atomic mass is 10.1. The van der Waals surface area contributed by atoms with Crippen molar-refractivity contribution in [2.75, 3.05) is 19.6 Å². The number of primary amides is 1. The zero-order valence-electron chi connectivity index (χ0n) is 12.7. The van der Waals surface area contributed by atoms with Gasteiger partial charge in [0.05, 0.1) is 6.04 Å². The van der Waals surface area contributed by atoms with E-state index < -0.39 is 0 Å². The van der Waals surface area contributed by atoms with Gasteiger partial charge in [-0.05, 0) is 17.7 Å². The number of carbonyl (C=O) groups is 1. The Morgan fingerprint density at radius 1 is 1.50 bits per heavy atom. The number of rotatable bonds is 4. The molecule has 1 aliphatic heterocycles. The molecule has 116 valence electrons. The Morgan fingerprint density at radius 2 is 2.36 bits per heavy atom. The van der Waals surface area contributed by atoms with Crippen LogP contribution in [0.1, 0.15) is 27.8 Å². The number of piperazine rings is 1. The van der Waals surface area contributed by atoms with E-state index in [1.54, 1.807) is 6.07 Å². The van der Waals surface area contributed by atoms with E-state index in [1.165, 1.54) is 0 Å². The predicted molar refractivity (Wildman–Crippen MR) is 84.2 cm³/mol. The van der Waals surface area contributed by atoms with Crippen molar-refractivity contribution < 1.29 is 4.79 Å². The fraction of sp³-hybridized carbons (Fsp3) is 0.375. The number of hydrogen-bond donors (Lipinski definition) is 2. The highest BCUT2D eigenvalue weighted by Gasteiger charge is 2.26. The second kappa shape index (κ2) is 6.29. The van der Waals surface area contributed by atoms with Gasteiger partial charge in [-0.1, -0.05) is 12.1 Å². The normalized spacial score (nSPS) is 19.2. The highest BCUT2D eigenvalue weighted by Crippen LogP contribution is 2.22. The van der Waals surface area contributed by atoms with Crippen LogP contribution in [0, 0.1) is 0 Å². The standard InChI is InChI=1S/C16H21N5O/c1-20-7-6-19-16(20)14-10-18-5-8-21(14)11-12-3-2-4-13(9-12)15(17)22/h2-4,6-7,9,14,18H,5,8,10-11H2,1H3,(H2,17,22). The van der Waals surface area contributed by atoms with E-state index in [4.69, 9.17) is 5.73 Å². The molecule has 1 aromatic heterocycles. The number of aromatic nitrogens is 2. The van der Waals surface area contributed by atoms with Gasteiger partial charge in [0.25, 0.3) is 0 Å². The summed E-state index contributed by atoms with van der Waals surface area (Å²) in [7, 11) is 2.02. The molecule has 0 saturated carbocycles. The number of imidazole rings is 1. The average Bonchev–Trinajstić information content (AvgIpc) is 2.94. The number of amides is 1. The van der Waals surface area contributed by atoms with Crippen LogP contribution < -0.4 is 11.1 Å². The van der Waals surface area contributed by atoms with Crippen molar-refractivity contribution >= 4 is 5.91 Å². The van der Waals surface area contributed by atoms with E-state index >= 15 is 0 Å². The molecule has 0 aliphatic carbocycles. The zero-order chi connectivity index (χ0) is 15.5. The number of benzene rings is 1. The number of aryl methyl sites for hydroxylation is 1. The van der Waals surface area contributed by atoms with Crippen molar-refractivity contribution in [2.24, 2.45) is 12.8 Å². The van der Waals surface area contributed by atoms with E-state index in [9.17, 15) is 4.79 Å². The Labute approximate surface area is 129 Å². The van der Waals surface area contributed by atoms with Gasteiger partial charge in [0.1, 0.15) is 5.82 Å². The largest absolute Gasteiger partial charge is 0.366 e. The van der Waals surface area contributed by atoms with Crippen LogP contribution in [0.4, 0.5) is 0 Å². The van der Waals surface area contributed by atoms with E-state index in [2.05, 4.69) is 19.8 Å². The first-order valence-corrected chi connectivity index (χ1v) is 7.46. The SMILES string of the molecule is Cn1ccnc1C1CNCCN1Cc1cccc(C(N)=O)c1. The predicted octanol–water partition coefficient (Wildman–Crippen LogP) is 0.665. The van der Waals surface area contributed by atoms with Crippen molar-refractivity contribution in [2.45, 2.75) is 12.6 Å². The van der Waals surface area contributed by atoms with Crippen LogP contribution in [0.2, 0.25) is 0 Å². The molecule has 1 saturated heterocycles. The maximum absolute atomic E-state index is 11.3. The summed E-state index contributed by atoms with van der Waals surface area (Å²) in [6.45, 7) is 3.55. The van der Waals surface area contributed by atoms with Gasteiger partial charge in [0.15, 0.2) is 0 Å². The molecule has 3 rings (SSSR count). The van der Waals surface area contributed by atoms with Crippen LogP contribution in [0.5, 0.6) is 0 Å². The Hall–Kier alpha value is -2.18. The Balaban J connectivity index is 1.81. The maximum atomic E-state index is 11.3. The summed E-state index contributed by atoms with van der Waals surface area (Å²) in [6, 6.07) is 7.77. The Kier molecular flexibility index (Phi) is 4.22. The number of nitrogens with zero attached hydrogens (tertiary/aromatic N) is 3. The third-order valence-electron chi connectivity index (χ3n) is 4.11. The number of carbonyl (C=O) groups excluding carboxylic acids is 1. The third-order valence-corrected chi connectivity index (χ3v) is 4.11. The molecule has 1 aromatic carbocycles. The quantitative estimate of drug-likeness (QED) is 0.870. The molecule has 2 heterocycles. The molecule has 6 heteroatoms. The smallest absolute Gasteiger partial charge is 0.248 e. The molecule has 0 bridgehead atoms. The Bertz CT molecular complexity index is 666. The summed E-state index contributed by atoms with van der Waals surface area (Å²) in [5, 5.41) is 3.43. The fourth-order valence-electron chi connectivity index (χ4n) is 2.95. The maximum Gasteiger partial charge on any atom is 0.248 e. The van der Waals surface area contributed by atoms with Crippen LogP contribution in [0.25, 0.3) is 0 Å². The summed E-state index contributed by atoms with van der Waals surface area (Å²) in [5.74, 6) is 0.668. The summed E-state index contributed by atoms with van der Waals surface area (Å²) in [6.07, 6.45) is 3.80. The first kappa shape index (κ1) is 14.7. The van der Waals surface area contributed by atoms with Gasteiger partial charge in [-0.3, -0.25) is 9.69 Å². The Morgan fingerprint density at radius 3 is 3.09 bits per heavy atom.